The molecule has 4 nitrogen and oxygen atoms in total. The zero-order valence-corrected chi connectivity index (χ0v) is 11.4. The molecule has 4 heteroatoms. The molecule has 1 saturated carbocycles. The maximum atomic E-state index is 5.91. The molecule has 1 atom stereocenters. The highest BCUT2D eigenvalue weighted by Gasteiger charge is 2.21. The van der Waals surface area contributed by atoms with Crippen molar-refractivity contribution in [3.63, 3.8) is 0 Å². The Morgan fingerprint density at radius 1 is 1.50 bits per heavy atom. The summed E-state index contributed by atoms with van der Waals surface area (Å²) in [4.78, 5) is 4.34. The summed E-state index contributed by atoms with van der Waals surface area (Å²) in [6, 6.07) is 2.69. The molecule has 2 rings (SSSR count). The van der Waals surface area contributed by atoms with Gasteiger partial charge in [-0.25, -0.2) is 0 Å². The van der Waals surface area contributed by atoms with E-state index in [4.69, 9.17) is 9.47 Å². The van der Waals surface area contributed by atoms with E-state index in [0.717, 1.165) is 23.6 Å². The Bertz CT molecular complexity index is 391. The maximum Gasteiger partial charge on any atom is 0.127 e. The van der Waals surface area contributed by atoms with Crippen LogP contribution in [-0.4, -0.2) is 30.8 Å². The lowest BCUT2D eigenvalue weighted by Gasteiger charge is -2.17. The third-order valence-electron chi connectivity index (χ3n) is 2.97. The summed E-state index contributed by atoms with van der Waals surface area (Å²) in [6.07, 6.45) is 4.53. The monoisotopic (exact) mass is 250 g/mol. The Morgan fingerprint density at radius 2 is 2.28 bits per heavy atom. The largest absolute Gasteiger partial charge is 0.488 e. The van der Waals surface area contributed by atoms with Crippen molar-refractivity contribution in [1.82, 2.24) is 10.3 Å². The van der Waals surface area contributed by atoms with Crippen LogP contribution < -0.4 is 10.1 Å². The maximum absolute atomic E-state index is 5.91. The van der Waals surface area contributed by atoms with Crippen LogP contribution in [-0.2, 0) is 11.3 Å². The van der Waals surface area contributed by atoms with Crippen LogP contribution in [0.5, 0.6) is 5.75 Å². The third-order valence-corrected chi connectivity index (χ3v) is 2.97. The van der Waals surface area contributed by atoms with Crippen molar-refractivity contribution in [3.8, 4) is 5.75 Å². The molecule has 1 aromatic heterocycles. The number of aryl methyl sites for hydroxylation is 1. The first-order chi connectivity index (χ1) is 8.69. The lowest BCUT2D eigenvalue weighted by Crippen LogP contribution is -2.21. The van der Waals surface area contributed by atoms with Gasteiger partial charge in [-0.1, -0.05) is 0 Å². The molecule has 1 N–H and O–H groups in total. The molecule has 0 spiro atoms. The summed E-state index contributed by atoms with van der Waals surface area (Å²) >= 11 is 0. The second-order valence-corrected chi connectivity index (χ2v) is 4.97. The number of pyridine rings is 1. The van der Waals surface area contributed by atoms with Gasteiger partial charge in [0.25, 0.3) is 0 Å². The van der Waals surface area contributed by atoms with Crippen LogP contribution in [0.3, 0.4) is 0 Å². The van der Waals surface area contributed by atoms with E-state index in [1.165, 1.54) is 12.8 Å². The van der Waals surface area contributed by atoms with Crippen molar-refractivity contribution in [1.29, 1.82) is 0 Å². The topological polar surface area (TPSA) is 43.4 Å². The molecule has 1 aromatic rings. The van der Waals surface area contributed by atoms with Crippen molar-refractivity contribution >= 4 is 0 Å². The van der Waals surface area contributed by atoms with Crippen LogP contribution in [0, 0.1) is 6.92 Å². The fraction of sp³-hybridized carbons (Fsp3) is 0.643. The predicted molar refractivity (Wildman–Crippen MR) is 70.8 cm³/mol. The molecule has 18 heavy (non-hydrogen) atoms. The average Bonchev–Trinajstić information content (AvgIpc) is 3.12. The Hall–Kier alpha value is -1.13. The van der Waals surface area contributed by atoms with Crippen LogP contribution >= 0.6 is 0 Å². The molecule has 0 aliphatic heterocycles. The number of hydrogen-bond acceptors (Lipinski definition) is 4. The normalized spacial score (nSPS) is 16.6. The first kappa shape index (κ1) is 13.3. The zero-order chi connectivity index (χ0) is 13.0. The molecular formula is C14H22N2O2. The van der Waals surface area contributed by atoms with E-state index >= 15 is 0 Å². The van der Waals surface area contributed by atoms with Gasteiger partial charge in [0.15, 0.2) is 0 Å². The Kier molecular flexibility index (Phi) is 4.55. The predicted octanol–water partition coefficient (Wildman–Crippen LogP) is 2.06. The molecule has 1 heterocycles. The highest BCUT2D eigenvalue weighted by Crippen LogP contribution is 2.23. The number of rotatable bonds is 7. The summed E-state index contributed by atoms with van der Waals surface area (Å²) in [5, 5.41) is 3.49. The lowest BCUT2D eigenvalue weighted by molar-refractivity contribution is 0.0912. The molecule has 1 aliphatic carbocycles. The van der Waals surface area contributed by atoms with Gasteiger partial charge in [-0.15, -0.1) is 0 Å². The molecular weight excluding hydrogens is 228 g/mol. The SMILES string of the molecule is COCC(C)Oc1cc(C)ncc1CNC1CC1. The van der Waals surface area contributed by atoms with Crippen LogP contribution in [0.15, 0.2) is 12.3 Å². The van der Waals surface area contributed by atoms with Gasteiger partial charge < -0.3 is 14.8 Å². The van der Waals surface area contributed by atoms with Crippen LogP contribution in [0.1, 0.15) is 31.0 Å². The molecule has 0 aromatic carbocycles. The summed E-state index contributed by atoms with van der Waals surface area (Å²) in [5.74, 6) is 0.917. The smallest absolute Gasteiger partial charge is 0.127 e. The van der Waals surface area contributed by atoms with Crippen molar-refractivity contribution in [2.45, 2.75) is 45.4 Å². The molecule has 0 radical (unpaired) electrons. The molecule has 0 amide bonds. The van der Waals surface area contributed by atoms with Crippen LogP contribution in [0.2, 0.25) is 0 Å². The van der Waals surface area contributed by atoms with E-state index < -0.39 is 0 Å². The fourth-order valence-corrected chi connectivity index (χ4v) is 1.83. The summed E-state index contributed by atoms with van der Waals surface area (Å²) in [7, 11) is 1.69. The number of methoxy groups -OCH3 is 1. The Morgan fingerprint density at radius 3 is 2.94 bits per heavy atom. The van der Waals surface area contributed by atoms with Crippen molar-refractivity contribution in [3.05, 3.63) is 23.5 Å². The third kappa shape index (κ3) is 3.96. The first-order valence-electron chi connectivity index (χ1n) is 6.53. The van der Waals surface area contributed by atoms with Gasteiger partial charge in [0, 0.05) is 43.2 Å². The minimum Gasteiger partial charge on any atom is -0.488 e. The van der Waals surface area contributed by atoms with E-state index in [9.17, 15) is 0 Å². The number of hydrogen-bond donors (Lipinski definition) is 1. The lowest BCUT2D eigenvalue weighted by atomic mass is 10.2. The molecule has 100 valence electrons. The molecule has 1 fully saturated rings. The van der Waals surface area contributed by atoms with Gasteiger partial charge in [-0.05, 0) is 26.7 Å². The van der Waals surface area contributed by atoms with E-state index in [1.807, 2.05) is 26.1 Å². The number of nitrogens with one attached hydrogen (secondary N) is 1. The highest BCUT2D eigenvalue weighted by molar-refractivity contribution is 5.33. The van der Waals surface area contributed by atoms with Gasteiger partial charge in [-0.2, -0.15) is 0 Å². The number of ether oxygens (including phenoxy) is 2. The Labute approximate surface area is 109 Å². The molecule has 0 saturated heterocycles. The highest BCUT2D eigenvalue weighted by atomic mass is 16.5. The first-order valence-corrected chi connectivity index (χ1v) is 6.53. The fourth-order valence-electron chi connectivity index (χ4n) is 1.83. The molecule has 1 unspecified atom stereocenters. The minimum absolute atomic E-state index is 0.0523. The van der Waals surface area contributed by atoms with Crippen molar-refractivity contribution in [2.24, 2.45) is 0 Å². The van der Waals surface area contributed by atoms with Crippen molar-refractivity contribution < 1.29 is 9.47 Å². The quantitative estimate of drug-likeness (QED) is 0.804. The van der Waals surface area contributed by atoms with Gasteiger partial charge in [0.2, 0.25) is 0 Å². The van der Waals surface area contributed by atoms with Crippen LogP contribution in [0.25, 0.3) is 0 Å². The second kappa shape index (κ2) is 6.16. The summed E-state index contributed by atoms with van der Waals surface area (Å²) in [6.45, 7) is 5.41. The molecule has 1 aliphatic rings. The zero-order valence-electron chi connectivity index (χ0n) is 11.4. The average molecular weight is 250 g/mol. The van der Waals surface area contributed by atoms with Crippen LogP contribution in [0.4, 0.5) is 0 Å². The van der Waals surface area contributed by atoms with Gasteiger partial charge in [0.05, 0.1) is 6.61 Å². The van der Waals surface area contributed by atoms with E-state index in [0.29, 0.717) is 12.6 Å². The van der Waals surface area contributed by atoms with Gasteiger partial charge >= 0.3 is 0 Å². The Balaban J connectivity index is 2.01. The van der Waals surface area contributed by atoms with E-state index in [1.54, 1.807) is 7.11 Å². The van der Waals surface area contributed by atoms with E-state index in [-0.39, 0.29) is 6.10 Å². The standard InChI is InChI=1S/C14H22N2O2/c1-10-6-14(18-11(2)9-17-3)12(7-15-10)8-16-13-4-5-13/h6-7,11,13,16H,4-5,8-9H2,1-3H3. The van der Waals surface area contributed by atoms with Gasteiger partial charge in [0.1, 0.15) is 11.9 Å². The summed E-state index contributed by atoms with van der Waals surface area (Å²) < 4.78 is 11.0. The molecule has 0 bridgehead atoms. The van der Waals surface area contributed by atoms with Gasteiger partial charge in [-0.3, -0.25) is 4.98 Å². The van der Waals surface area contributed by atoms with Crippen molar-refractivity contribution in [2.75, 3.05) is 13.7 Å². The number of nitrogens with zero attached hydrogens (tertiary/aromatic N) is 1. The minimum atomic E-state index is 0.0523. The number of aromatic nitrogens is 1. The second-order valence-electron chi connectivity index (χ2n) is 4.97. The van der Waals surface area contributed by atoms with E-state index in [2.05, 4.69) is 10.3 Å². The summed E-state index contributed by atoms with van der Waals surface area (Å²) in [5.41, 5.74) is 2.10.